The summed E-state index contributed by atoms with van der Waals surface area (Å²) in [5.41, 5.74) is 0.992. The average molecular weight is 439 g/mol. The van der Waals surface area contributed by atoms with E-state index in [0.717, 1.165) is 0 Å². The van der Waals surface area contributed by atoms with Crippen LogP contribution in [0.3, 0.4) is 0 Å². The van der Waals surface area contributed by atoms with Gasteiger partial charge in [0.25, 0.3) is 5.56 Å². The summed E-state index contributed by atoms with van der Waals surface area (Å²) in [7, 11) is 0. The van der Waals surface area contributed by atoms with E-state index in [1.165, 1.54) is 34.9 Å². The minimum absolute atomic E-state index is 0.00198. The number of aromatic nitrogens is 2. The predicted molar refractivity (Wildman–Crippen MR) is 116 cm³/mol. The third kappa shape index (κ3) is 4.81. The van der Waals surface area contributed by atoms with E-state index in [1.807, 2.05) is 0 Å². The number of ether oxygens (including phenoxy) is 1. The first-order valence-electron chi connectivity index (χ1n) is 9.22. The molecule has 2 heterocycles. The fraction of sp³-hybridized carbons (Fsp3) is 0.0455. The van der Waals surface area contributed by atoms with Gasteiger partial charge in [-0.05, 0) is 36.4 Å². The molecule has 0 saturated carbocycles. The van der Waals surface area contributed by atoms with E-state index in [2.05, 4.69) is 15.6 Å². The van der Waals surface area contributed by atoms with Crippen LogP contribution in [-0.4, -0.2) is 15.4 Å². The maximum absolute atomic E-state index is 13.7. The van der Waals surface area contributed by atoms with E-state index in [-0.39, 0.29) is 17.9 Å². The van der Waals surface area contributed by atoms with Gasteiger partial charge in [0.2, 0.25) is 0 Å². The van der Waals surface area contributed by atoms with Gasteiger partial charge in [-0.2, -0.15) is 0 Å². The first kappa shape index (κ1) is 20.4. The number of carbonyl (C=O) groups is 1. The molecule has 7 nitrogen and oxygen atoms in total. The summed E-state index contributed by atoms with van der Waals surface area (Å²) in [4.78, 5) is 28.9. The number of anilines is 2. The minimum atomic E-state index is -0.625. The quantitative estimate of drug-likeness (QED) is 0.472. The molecule has 0 spiro atoms. The zero-order valence-corrected chi connectivity index (χ0v) is 16.8. The maximum Gasteiger partial charge on any atom is 0.323 e. The van der Waals surface area contributed by atoms with Gasteiger partial charge in [-0.1, -0.05) is 35.9 Å². The van der Waals surface area contributed by atoms with Crippen LogP contribution in [0.2, 0.25) is 5.02 Å². The van der Waals surface area contributed by atoms with Gasteiger partial charge in [0.15, 0.2) is 0 Å². The Bertz CT molecular complexity index is 1330. The lowest BCUT2D eigenvalue weighted by Crippen LogP contribution is -2.20. The monoisotopic (exact) mass is 438 g/mol. The lowest BCUT2D eigenvalue weighted by Gasteiger charge is -2.13. The third-order valence-electron chi connectivity index (χ3n) is 4.31. The van der Waals surface area contributed by atoms with Crippen molar-refractivity contribution in [3.8, 4) is 5.75 Å². The Morgan fingerprint density at radius 2 is 1.74 bits per heavy atom. The van der Waals surface area contributed by atoms with Crippen LogP contribution < -0.4 is 20.9 Å². The van der Waals surface area contributed by atoms with E-state index >= 15 is 0 Å². The number of nitrogens with zero attached hydrogens (tertiary/aromatic N) is 2. The van der Waals surface area contributed by atoms with Crippen LogP contribution in [0.5, 0.6) is 5.75 Å². The van der Waals surface area contributed by atoms with Gasteiger partial charge in [-0.3, -0.25) is 9.20 Å². The fourth-order valence-corrected chi connectivity index (χ4v) is 3.05. The molecule has 0 aliphatic carbocycles. The highest BCUT2D eigenvalue weighted by Crippen LogP contribution is 2.25. The number of urea groups is 1. The van der Waals surface area contributed by atoms with E-state index in [0.29, 0.717) is 27.8 Å². The van der Waals surface area contributed by atoms with Gasteiger partial charge < -0.3 is 15.4 Å². The van der Waals surface area contributed by atoms with Gasteiger partial charge in [-0.25, -0.2) is 14.2 Å². The summed E-state index contributed by atoms with van der Waals surface area (Å²) in [5.74, 6) is -0.179. The Hall–Kier alpha value is -3.91. The largest absolute Gasteiger partial charge is 0.485 e. The van der Waals surface area contributed by atoms with Gasteiger partial charge in [0.1, 0.15) is 23.8 Å². The SMILES string of the molecule is O=C(Nc1ccccc1F)Nc1ccccc1OCc1cc(=O)n2cc(Cl)ccc2n1. The fourth-order valence-electron chi connectivity index (χ4n) is 2.89. The topological polar surface area (TPSA) is 84.7 Å². The number of halogens is 2. The van der Waals surface area contributed by atoms with E-state index in [4.69, 9.17) is 16.3 Å². The van der Waals surface area contributed by atoms with Crippen molar-refractivity contribution in [1.29, 1.82) is 0 Å². The van der Waals surface area contributed by atoms with Crippen LogP contribution in [0.4, 0.5) is 20.6 Å². The number of nitrogens with one attached hydrogen (secondary N) is 2. The molecular weight excluding hydrogens is 423 g/mol. The Balaban J connectivity index is 1.48. The van der Waals surface area contributed by atoms with Crippen molar-refractivity contribution in [3.05, 3.63) is 99.8 Å². The molecule has 2 aromatic heterocycles. The minimum Gasteiger partial charge on any atom is -0.485 e. The number of fused-ring (bicyclic) bond motifs is 1. The Morgan fingerprint density at radius 1 is 1.03 bits per heavy atom. The van der Waals surface area contributed by atoms with Crippen LogP contribution in [0.1, 0.15) is 5.69 Å². The van der Waals surface area contributed by atoms with Gasteiger partial charge in [0.05, 0.1) is 22.1 Å². The van der Waals surface area contributed by atoms with Crippen LogP contribution in [-0.2, 0) is 6.61 Å². The molecule has 0 saturated heterocycles. The Labute approximate surface area is 181 Å². The smallest absolute Gasteiger partial charge is 0.323 e. The van der Waals surface area contributed by atoms with Crippen molar-refractivity contribution in [2.24, 2.45) is 0 Å². The average Bonchev–Trinajstić information content (AvgIpc) is 2.75. The molecule has 156 valence electrons. The first-order chi connectivity index (χ1) is 15.0. The van der Waals surface area contributed by atoms with Crippen molar-refractivity contribution in [2.75, 3.05) is 10.6 Å². The second-order valence-electron chi connectivity index (χ2n) is 6.51. The molecule has 0 aliphatic heterocycles. The van der Waals surface area contributed by atoms with Gasteiger partial charge in [-0.15, -0.1) is 0 Å². The number of pyridine rings is 1. The molecule has 0 radical (unpaired) electrons. The lowest BCUT2D eigenvalue weighted by atomic mass is 10.3. The Kier molecular flexibility index (Phi) is 5.81. The molecule has 0 bridgehead atoms. The molecule has 0 aliphatic rings. The zero-order valence-electron chi connectivity index (χ0n) is 16.0. The lowest BCUT2D eigenvalue weighted by molar-refractivity contribution is 0.261. The van der Waals surface area contributed by atoms with Crippen LogP contribution in [0.25, 0.3) is 5.65 Å². The summed E-state index contributed by atoms with van der Waals surface area (Å²) in [5, 5.41) is 5.50. The van der Waals surface area contributed by atoms with Crippen molar-refractivity contribution < 1.29 is 13.9 Å². The Morgan fingerprint density at radius 3 is 2.55 bits per heavy atom. The predicted octanol–water partition coefficient (Wildman–Crippen LogP) is 4.71. The van der Waals surface area contributed by atoms with Crippen LogP contribution >= 0.6 is 11.6 Å². The third-order valence-corrected chi connectivity index (χ3v) is 4.53. The molecule has 2 amide bonds. The summed E-state index contributed by atoms with van der Waals surface area (Å²) < 4.78 is 20.8. The molecule has 31 heavy (non-hydrogen) atoms. The number of hydrogen-bond acceptors (Lipinski definition) is 4. The van der Waals surface area contributed by atoms with Gasteiger partial charge in [0, 0.05) is 12.3 Å². The number of rotatable bonds is 5. The summed E-state index contributed by atoms with van der Waals surface area (Å²) in [6.07, 6.45) is 1.49. The zero-order chi connectivity index (χ0) is 21.8. The first-order valence-corrected chi connectivity index (χ1v) is 9.59. The van der Waals surface area contributed by atoms with E-state index in [9.17, 15) is 14.0 Å². The number of hydrogen-bond donors (Lipinski definition) is 2. The summed E-state index contributed by atoms with van der Waals surface area (Å²) in [6.45, 7) is 0.00198. The van der Waals surface area contributed by atoms with Crippen molar-refractivity contribution in [1.82, 2.24) is 9.38 Å². The summed E-state index contributed by atoms with van der Waals surface area (Å²) in [6, 6.07) is 16.6. The molecule has 4 rings (SSSR count). The molecule has 0 fully saturated rings. The standard InChI is InChI=1S/C22H16ClFN4O3/c23-14-9-10-20-25-15(11-21(29)28(20)12-14)13-31-19-8-4-3-7-18(19)27-22(30)26-17-6-2-1-5-16(17)24/h1-12H,13H2,(H2,26,27,30). The highest BCUT2D eigenvalue weighted by atomic mass is 35.5. The van der Waals surface area contributed by atoms with E-state index in [1.54, 1.807) is 42.5 Å². The molecule has 0 unspecified atom stereocenters. The number of amides is 2. The second-order valence-corrected chi connectivity index (χ2v) is 6.94. The normalized spacial score (nSPS) is 10.6. The van der Waals surface area contributed by atoms with Crippen molar-refractivity contribution in [2.45, 2.75) is 6.61 Å². The number of carbonyl (C=O) groups excluding carboxylic acids is 1. The van der Waals surface area contributed by atoms with E-state index < -0.39 is 11.8 Å². The van der Waals surface area contributed by atoms with Crippen molar-refractivity contribution >= 4 is 34.7 Å². The molecule has 2 aromatic carbocycles. The molecule has 4 aromatic rings. The number of benzene rings is 2. The van der Waals surface area contributed by atoms with Crippen LogP contribution in [0.15, 0.2) is 77.7 Å². The highest BCUT2D eigenvalue weighted by molar-refractivity contribution is 6.30. The molecular formula is C22H16ClFN4O3. The molecule has 2 N–H and O–H groups in total. The molecule has 0 atom stereocenters. The number of para-hydroxylation sites is 3. The maximum atomic E-state index is 13.7. The van der Waals surface area contributed by atoms with Crippen molar-refractivity contribution in [3.63, 3.8) is 0 Å². The molecule has 9 heteroatoms. The van der Waals surface area contributed by atoms with Crippen LogP contribution in [0, 0.1) is 5.82 Å². The second kappa shape index (κ2) is 8.85. The highest BCUT2D eigenvalue weighted by Gasteiger charge is 2.11. The summed E-state index contributed by atoms with van der Waals surface area (Å²) >= 11 is 5.92. The van der Waals surface area contributed by atoms with Gasteiger partial charge >= 0.3 is 6.03 Å².